The molecule has 0 unspecified atom stereocenters. The molecule has 0 bridgehead atoms. The molecule has 5 heteroatoms. The molecule has 0 aliphatic carbocycles. The summed E-state index contributed by atoms with van der Waals surface area (Å²) in [6.45, 7) is 4.11. The van der Waals surface area contributed by atoms with Gasteiger partial charge in [-0.25, -0.2) is 0 Å². The Morgan fingerprint density at radius 2 is 1.89 bits per heavy atom. The minimum atomic E-state index is -0.161. The van der Waals surface area contributed by atoms with Crippen molar-refractivity contribution >= 4 is 5.91 Å². The quantitative estimate of drug-likeness (QED) is 0.822. The number of ether oxygens (including phenoxy) is 2. The van der Waals surface area contributed by atoms with Gasteiger partial charge in [-0.2, -0.15) is 0 Å². The van der Waals surface area contributed by atoms with Crippen LogP contribution in [0, 0.1) is 6.92 Å². The van der Waals surface area contributed by atoms with E-state index in [4.69, 9.17) is 15.2 Å². The molecule has 0 heterocycles. The number of amides is 1. The van der Waals surface area contributed by atoms with Crippen LogP contribution in [0.3, 0.4) is 0 Å². The van der Waals surface area contributed by atoms with Gasteiger partial charge >= 0.3 is 0 Å². The van der Waals surface area contributed by atoms with Crippen LogP contribution in [0.5, 0.6) is 11.5 Å². The highest BCUT2D eigenvalue weighted by molar-refractivity contribution is 5.96. The number of nitrogens with one attached hydrogen (secondary N) is 1. The number of hydrogen-bond donors (Lipinski definition) is 2. The molecule has 0 saturated carbocycles. The number of carbonyl (C=O) groups is 1. The third-order valence-electron chi connectivity index (χ3n) is 2.71. The van der Waals surface area contributed by atoms with Crippen LogP contribution < -0.4 is 20.5 Å². The highest BCUT2D eigenvalue weighted by atomic mass is 16.5. The fourth-order valence-electron chi connectivity index (χ4n) is 1.59. The van der Waals surface area contributed by atoms with E-state index >= 15 is 0 Å². The molecule has 0 spiro atoms. The smallest absolute Gasteiger partial charge is 0.251 e. The van der Waals surface area contributed by atoms with Crippen molar-refractivity contribution in [1.82, 2.24) is 5.32 Å². The van der Waals surface area contributed by atoms with E-state index in [1.54, 1.807) is 19.2 Å². The van der Waals surface area contributed by atoms with Crippen LogP contribution in [-0.4, -0.2) is 32.7 Å². The van der Waals surface area contributed by atoms with Crippen molar-refractivity contribution in [2.45, 2.75) is 19.9 Å². The summed E-state index contributed by atoms with van der Waals surface area (Å²) >= 11 is 0. The molecule has 3 N–H and O–H groups in total. The van der Waals surface area contributed by atoms with Gasteiger partial charge in [0.15, 0.2) is 11.5 Å². The maximum atomic E-state index is 12.0. The third-order valence-corrected chi connectivity index (χ3v) is 2.71. The molecule has 1 aromatic carbocycles. The number of carbonyl (C=O) groups excluding carboxylic acids is 1. The largest absolute Gasteiger partial charge is 0.493 e. The minimum absolute atomic E-state index is 0.0648. The molecule has 1 aromatic rings. The second kappa shape index (κ2) is 6.26. The van der Waals surface area contributed by atoms with E-state index in [9.17, 15) is 4.79 Å². The van der Waals surface area contributed by atoms with Crippen molar-refractivity contribution in [2.24, 2.45) is 5.73 Å². The molecule has 100 valence electrons. The van der Waals surface area contributed by atoms with Gasteiger partial charge in [-0.3, -0.25) is 4.79 Å². The molecule has 5 nitrogen and oxygen atoms in total. The van der Waals surface area contributed by atoms with Crippen molar-refractivity contribution in [2.75, 3.05) is 20.8 Å². The molecule has 18 heavy (non-hydrogen) atoms. The zero-order valence-electron chi connectivity index (χ0n) is 11.2. The normalized spacial score (nSPS) is 11.8. The molecular formula is C13H20N2O3. The third kappa shape index (κ3) is 3.13. The van der Waals surface area contributed by atoms with Gasteiger partial charge in [-0.05, 0) is 31.5 Å². The lowest BCUT2D eigenvalue weighted by Gasteiger charge is -2.15. The number of hydrogen-bond acceptors (Lipinski definition) is 4. The first-order valence-electron chi connectivity index (χ1n) is 5.77. The fraction of sp³-hybridized carbons (Fsp3) is 0.462. The van der Waals surface area contributed by atoms with Crippen LogP contribution >= 0.6 is 0 Å². The van der Waals surface area contributed by atoms with Gasteiger partial charge in [0, 0.05) is 18.2 Å². The SMILES string of the molecule is COc1cc(C)c(C(=O)N[C@@H](C)CN)cc1OC. The average molecular weight is 252 g/mol. The van der Waals surface area contributed by atoms with Gasteiger partial charge in [0.25, 0.3) is 5.91 Å². The monoisotopic (exact) mass is 252 g/mol. The summed E-state index contributed by atoms with van der Waals surface area (Å²) in [7, 11) is 3.10. The van der Waals surface area contributed by atoms with Crippen molar-refractivity contribution < 1.29 is 14.3 Å². The Hall–Kier alpha value is -1.75. The summed E-state index contributed by atoms with van der Waals surface area (Å²) in [5.41, 5.74) is 6.87. The summed E-state index contributed by atoms with van der Waals surface area (Å²) in [5.74, 6) is 0.985. The standard InChI is InChI=1S/C13H20N2O3/c1-8-5-11(17-3)12(18-4)6-10(8)13(16)15-9(2)7-14/h5-6,9H,7,14H2,1-4H3,(H,15,16)/t9-/m0/s1. The Morgan fingerprint density at radius 3 is 2.39 bits per heavy atom. The van der Waals surface area contributed by atoms with Crippen LogP contribution in [0.1, 0.15) is 22.8 Å². The molecule has 0 radical (unpaired) electrons. The lowest BCUT2D eigenvalue weighted by atomic mass is 10.1. The first-order chi connectivity index (χ1) is 8.53. The van der Waals surface area contributed by atoms with Crippen LogP contribution in [0.2, 0.25) is 0 Å². The van der Waals surface area contributed by atoms with E-state index < -0.39 is 0 Å². The predicted octanol–water partition coefficient (Wildman–Crippen LogP) is 1.09. The Labute approximate surface area is 107 Å². The summed E-state index contributed by atoms with van der Waals surface area (Å²) in [6.07, 6.45) is 0. The average Bonchev–Trinajstić information content (AvgIpc) is 2.37. The Kier molecular flexibility index (Phi) is 4.97. The first-order valence-corrected chi connectivity index (χ1v) is 5.77. The summed E-state index contributed by atoms with van der Waals surface area (Å²) in [5, 5.41) is 2.82. The number of aryl methyl sites for hydroxylation is 1. The van der Waals surface area contributed by atoms with Crippen molar-refractivity contribution in [3.8, 4) is 11.5 Å². The molecule has 0 aliphatic heterocycles. The fourth-order valence-corrected chi connectivity index (χ4v) is 1.59. The summed E-state index contributed by atoms with van der Waals surface area (Å²) in [6, 6.07) is 3.39. The number of nitrogens with two attached hydrogens (primary N) is 1. The predicted molar refractivity (Wildman–Crippen MR) is 70.3 cm³/mol. The van der Waals surface area contributed by atoms with Gasteiger partial charge in [0.2, 0.25) is 0 Å². The Bertz CT molecular complexity index is 432. The summed E-state index contributed by atoms with van der Waals surface area (Å²) < 4.78 is 10.4. The van der Waals surface area contributed by atoms with E-state index in [0.29, 0.717) is 23.6 Å². The number of benzene rings is 1. The molecule has 1 atom stereocenters. The van der Waals surface area contributed by atoms with Crippen LogP contribution in [0.4, 0.5) is 0 Å². The first kappa shape index (κ1) is 14.3. The molecule has 0 fully saturated rings. The second-order valence-electron chi connectivity index (χ2n) is 4.13. The summed E-state index contributed by atoms with van der Waals surface area (Å²) in [4.78, 5) is 12.0. The van der Waals surface area contributed by atoms with Gasteiger partial charge in [-0.15, -0.1) is 0 Å². The number of rotatable bonds is 5. The van der Waals surface area contributed by atoms with Gasteiger partial charge in [-0.1, -0.05) is 0 Å². The van der Waals surface area contributed by atoms with E-state index in [2.05, 4.69) is 5.32 Å². The second-order valence-corrected chi connectivity index (χ2v) is 4.13. The molecule has 0 aromatic heterocycles. The van der Waals surface area contributed by atoms with E-state index in [1.807, 2.05) is 13.8 Å². The molecule has 0 saturated heterocycles. The van der Waals surface area contributed by atoms with E-state index in [0.717, 1.165) is 5.56 Å². The topological polar surface area (TPSA) is 73.6 Å². The van der Waals surface area contributed by atoms with Crippen molar-refractivity contribution in [3.05, 3.63) is 23.3 Å². The lowest BCUT2D eigenvalue weighted by molar-refractivity contribution is 0.0940. The molecule has 0 aliphatic rings. The van der Waals surface area contributed by atoms with Crippen LogP contribution in [0.25, 0.3) is 0 Å². The number of methoxy groups -OCH3 is 2. The highest BCUT2D eigenvalue weighted by Gasteiger charge is 2.15. The van der Waals surface area contributed by atoms with E-state index in [1.165, 1.54) is 7.11 Å². The zero-order chi connectivity index (χ0) is 13.7. The Balaban J connectivity index is 3.05. The highest BCUT2D eigenvalue weighted by Crippen LogP contribution is 2.30. The van der Waals surface area contributed by atoms with Gasteiger partial charge in [0.05, 0.1) is 14.2 Å². The lowest BCUT2D eigenvalue weighted by Crippen LogP contribution is -2.38. The molecule has 1 rings (SSSR count). The maximum absolute atomic E-state index is 12.0. The van der Waals surface area contributed by atoms with Crippen LogP contribution in [-0.2, 0) is 0 Å². The van der Waals surface area contributed by atoms with E-state index in [-0.39, 0.29) is 11.9 Å². The van der Waals surface area contributed by atoms with Gasteiger partial charge < -0.3 is 20.5 Å². The van der Waals surface area contributed by atoms with Crippen LogP contribution in [0.15, 0.2) is 12.1 Å². The van der Waals surface area contributed by atoms with Crippen molar-refractivity contribution in [3.63, 3.8) is 0 Å². The molecule has 1 amide bonds. The minimum Gasteiger partial charge on any atom is -0.493 e. The zero-order valence-corrected chi connectivity index (χ0v) is 11.2. The Morgan fingerprint density at radius 1 is 1.33 bits per heavy atom. The van der Waals surface area contributed by atoms with Gasteiger partial charge in [0.1, 0.15) is 0 Å². The maximum Gasteiger partial charge on any atom is 0.251 e. The molecular weight excluding hydrogens is 232 g/mol. The van der Waals surface area contributed by atoms with Crippen molar-refractivity contribution in [1.29, 1.82) is 0 Å².